The zero-order valence-corrected chi connectivity index (χ0v) is 24.7. The maximum atomic E-state index is 13.8. The number of nitrogens with one attached hydrogen (secondary N) is 1. The lowest BCUT2D eigenvalue weighted by Gasteiger charge is -2.19. The first-order chi connectivity index (χ1) is 19.8. The predicted octanol–water partition coefficient (Wildman–Crippen LogP) is 7.36. The number of methoxy groups -OCH3 is 1. The third-order valence-electron chi connectivity index (χ3n) is 6.73. The highest BCUT2D eigenvalue weighted by Crippen LogP contribution is 2.44. The second kappa shape index (κ2) is 10.5. The standard InChI is InChI=1S/C34H33NO7/c1-33(2,3)31(37)40-21-16-25-28(26(17-21)42-32(38)34(4,5)6)30(36)27(41-25)18-23-22-15-20(39-7)13-14-24(22)35-29(23)19-11-9-8-10-12-19/h8-18,35H,1-7H3/b27-18-. The average molecular weight is 568 g/mol. The summed E-state index contributed by atoms with van der Waals surface area (Å²) in [4.78, 5) is 42.8. The molecule has 0 unspecified atom stereocenters. The number of rotatable bonds is 5. The molecule has 3 aromatic carbocycles. The van der Waals surface area contributed by atoms with Crippen molar-refractivity contribution in [1.82, 2.24) is 4.98 Å². The maximum absolute atomic E-state index is 13.8. The predicted molar refractivity (Wildman–Crippen MR) is 160 cm³/mol. The summed E-state index contributed by atoms with van der Waals surface area (Å²) in [7, 11) is 1.59. The Bertz CT molecular complexity index is 1750. The van der Waals surface area contributed by atoms with Gasteiger partial charge in [0, 0.05) is 28.6 Å². The van der Waals surface area contributed by atoms with E-state index in [0.29, 0.717) is 5.75 Å². The molecule has 0 saturated heterocycles. The van der Waals surface area contributed by atoms with Crippen LogP contribution in [0.15, 0.2) is 66.4 Å². The molecule has 4 aromatic rings. The van der Waals surface area contributed by atoms with E-state index < -0.39 is 28.6 Å². The van der Waals surface area contributed by atoms with E-state index >= 15 is 0 Å². The molecule has 1 aliphatic heterocycles. The van der Waals surface area contributed by atoms with Crippen LogP contribution in [0.1, 0.15) is 57.5 Å². The summed E-state index contributed by atoms with van der Waals surface area (Å²) in [5, 5.41) is 0.826. The number of ketones is 1. The SMILES string of the molecule is COc1ccc2[nH]c(-c3ccccc3)c(/C=C3\Oc4cc(OC(=O)C(C)(C)C)cc(OC(=O)C(C)(C)C)c4C3=O)c2c1. The highest BCUT2D eigenvalue weighted by atomic mass is 16.6. The van der Waals surface area contributed by atoms with Crippen LogP contribution in [0, 0.1) is 10.8 Å². The first-order valence-electron chi connectivity index (χ1n) is 13.6. The average Bonchev–Trinajstić information content (AvgIpc) is 3.44. The van der Waals surface area contributed by atoms with Gasteiger partial charge in [-0.3, -0.25) is 14.4 Å². The highest BCUT2D eigenvalue weighted by molar-refractivity contribution is 6.17. The lowest BCUT2D eigenvalue weighted by Crippen LogP contribution is -2.27. The summed E-state index contributed by atoms with van der Waals surface area (Å²) in [5.41, 5.74) is 1.72. The van der Waals surface area contributed by atoms with Gasteiger partial charge in [0.1, 0.15) is 28.6 Å². The molecule has 42 heavy (non-hydrogen) atoms. The molecule has 0 spiro atoms. The van der Waals surface area contributed by atoms with E-state index in [1.807, 2.05) is 48.5 Å². The van der Waals surface area contributed by atoms with Crippen molar-refractivity contribution in [2.24, 2.45) is 10.8 Å². The zero-order chi connectivity index (χ0) is 30.4. The Balaban J connectivity index is 1.64. The van der Waals surface area contributed by atoms with Crippen LogP contribution in [-0.2, 0) is 9.59 Å². The van der Waals surface area contributed by atoms with Gasteiger partial charge < -0.3 is 23.9 Å². The van der Waals surface area contributed by atoms with Crippen LogP contribution in [-0.4, -0.2) is 29.8 Å². The number of carbonyl (C=O) groups excluding carboxylic acids is 3. The second-order valence-corrected chi connectivity index (χ2v) is 12.2. The van der Waals surface area contributed by atoms with E-state index in [2.05, 4.69) is 4.98 Å². The summed E-state index contributed by atoms with van der Waals surface area (Å²) in [5.74, 6) is -0.641. The number of aromatic nitrogens is 1. The molecule has 0 atom stereocenters. The molecule has 0 fully saturated rings. The number of carbonyl (C=O) groups is 3. The Labute approximate surface area is 244 Å². The van der Waals surface area contributed by atoms with E-state index in [1.165, 1.54) is 12.1 Å². The van der Waals surface area contributed by atoms with Crippen LogP contribution in [0.25, 0.3) is 28.2 Å². The molecule has 0 bridgehead atoms. The molecule has 5 rings (SSSR count). The zero-order valence-electron chi connectivity index (χ0n) is 24.7. The fourth-order valence-corrected chi connectivity index (χ4v) is 4.34. The number of benzene rings is 3. The minimum atomic E-state index is -0.847. The number of hydrogen-bond acceptors (Lipinski definition) is 7. The summed E-state index contributed by atoms with van der Waals surface area (Å²) >= 11 is 0. The normalized spacial score (nSPS) is 14.1. The van der Waals surface area contributed by atoms with Gasteiger partial charge in [-0.15, -0.1) is 0 Å². The van der Waals surface area contributed by atoms with Gasteiger partial charge in [-0.1, -0.05) is 30.3 Å². The van der Waals surface area contributed by atoms with Gasteiger partial charge in [-0.05, 0) is 71.4 Å². The molecule has 0 amide bonds. The van der Waals surface area contributed by atoms with Crippen molar-refractivity contribution in [3.05, 3.63) is 77.5 Å². The molecule has 0 radical (unpaired) electrons. The lowest BCUT2D eigenvalue weighted by molar-refractivity contribution is -0.143. The monoisotopic (exact) mass is 567 g/mol. The molecule has 8 nitrogen and oxygen atoms in total. The van der Waals surface area contributed by atoms with Crippen molar-refractivity contribution in [3.8, 4) is 34.3 Å². The molecular weight excluding hydrogens is 534 g/mol. The minimum absolute atomic E-state index is 0.0262. The van der Waals surface area contributed by atoms with Crippen molar-refractivity contribution in [2.45, 2.75) is 41.5 Å². The topological polar surface area (TPSA) is 104 Å². The van der Waals surface area contributed by atoms with Gasteiger partial charge in [-0.25, -0.2) is 0 Å². The molecule has 0 saturated carbocycles. The smallest absolute Gasteiger partial charge is 0.316 e. The highest BCUT2D eigenvalue weighted by Gasteiger charge is 2.36. The maximum Gasteiger partial charge on any atom is 0.316 e. The van der Waals surface area contributed by atoms with E-state index in [9.17, 15) is 14.4 Å². The number of esters is 2. The third kappa shape index (κ3) is 5.52. The van der Waals surface area contributed by atoms with E-state index in [-0.39, 0.29) is 28.6 Å². The quantitative estimate of drug-likeness (QED) is 0.153. The van der Waals surface area contributed by atoms with Gasteiger partial charge in [0.05, 0.1) is 23.6 Å². The number of hydrogen-bond donors (Lipinski definition) is 1. The van der Waals surface area contributed by atoms with Gasteiger partial charge in [0.15, 0.2) is 5.76 Å². The molecular formula is C34H33NO7. The van der Waals surface area contributed by atoms with Crippen LogP contribution in [0.4, 0.5) is 0 Å². The minimum Gasteiger partial charge on any atom is -0.497 e. The van der Waals surface area contributed by atoms with Gasteiger partial charge >= 0.3 is 11.9 Å². The molecule has 1 aliphatic rings. The molecule has 1 aromatic heterocycles. The Morgan fingerprint density at radius 3 is 2.14 bits per heavy atom. The van der Waals surface area contributed by atoms with Crippen molar-refractivity contribution in [3.63, 3.8) is 0 Å². The van der Waals surface area contributed by atoms with E-state index in [1.54, 1.807) is 54.7 Å². The third-order valence-corrected chi connectivity index (χ3v) is 6.73. The lowest BCUT2D eigenvalue weighted by atomic mass is 9.97. The largest absolute Gasteiger partial charge is 0.497 e. The Morgan fingerprint density at radius 1 is 0.833 bits per heavy atom. The summed E-state index contributed by atoms with van der Waals surface area (Å²) < 4.78 is 22.8. The number of H-pyrrole nitrogens is 1. The van der Waals surface area contributed by atoms with E-state index in [0.717, 1.165) is 27.7 Å². The van der Waals surface area contributed by atoms with Gasteiger partial charge in [0.2, 0.25) is 5.78 Å². The number of allylic oxidation sites excluding steroid dienone is 1. The van der Waals surface area contributed by atoms with Crippen LogP contribution >= 0.6 is 0 Å². The first-order valence-corrected chi connectivity index (χ1v) is 13.6. The number of aromatic amines is 1. The Hall–Kier alpha value is -4.85. The number of Topliss-reactive ketones (excluding diaryl/α,β-unsaturated/α-hetero) is 1. The Kier molecular flexibility index (Phi) is 7.18. The van der Waals surface area contributed by atoms with Crippen LogP contribution in [0.5, 0.6) is 23.0 Å². The van der Waals surface area contributed by atoms with E-state index in [4.69, 9.17) is 18.9 Å². The van der Waals surface area contributed by atoms with Gasteiger partial charge in [-0.2, -0.15) is 0 Å². The van der Waals surface area contributed by atoms with Crippen LogP contribution in [0.3, 0.4) is 0 Å². The molecule has 1 N–H and O–H groups in total. The van der Waals surface area contributed by atoms with Crippen molar-refractivity contribution in [1.29, 1.82) is 0 Å². The van der Waals surface area contributed by atoms with Crippen molar-refractivity contribution < 1.29 is 33.3 Å². The van der Waals surface area contributed by atoms with Gasteiger partial charge in [0.25, 0.3) is 0 Å². The van der Waals surface area contributed by atoms with Crippen LogP contribution < -0.4 is 18.9 Å². The molecule has 216 valence electrons. The van der Waals surface area contributed by atoms with Crippen molar-refractivity contribution in [2.75, 3.05) is 7.11 Å². The Morgan fingerprint density at radius 2 is 1.50 bits per heavy atom. The van der Waals surface area contributed by atoms with Crippen molar-refractivity contribution >= 4 is 34.7 Å². The molecule has 0 aliphatic carbocycles. The fraction of sp³-hybridized carbons (Fsp3) is 0.265. The molecule has 8 heteroatoms. The molecule has 2 heterocycles. The summed E-state index contributed by atoms with van der Waals surface area (Å²) in [6, 6.07) is 18.2. The fourth-order valence-electron chi connectivity index (χ4n) is 4.34. The first kappa shape index (κ1) is 28.7. The number of ether oxygens (including phenoxy) is 4. The summed E-state index contributed by atoms with van der Waals surface area (Å²) in [6.45, 7) is 10.3. The second-order valence-electron chi connectivity index (χ2n) is 12.2. The van der Waals surface area contributed by atoms with Crippen LogP contribution in [0.2, 0.25) is 0 Å². The number of fused-ring (bicyclic) bond motifs is 2. The summed E-state index contributed by atoms with van der Waals surface area (Å²) in [6.07, 6.45) is 1.67.